The maximum Gasteiger partial charge on any atom is 0.279 e. The minimum Gasteiger partial charge on any atom is -0.224 e. The van der Waals surface area contributed by atoms with Gasteiger partial charge in [-0.2, -0.15) is 17.4 Å². The molecule has 6 nitrogen and oxygen atoms in total. The van der Waals surface area contributed by atoms with Gasteiger partial charge in [0.25, 0.3) is 10.2 Å². The van der Waals surface area contributed by atoms with Crippen LogP contribution in [0.15, 0.2) is 29.2 Å². The lowest BCUT2D eigenvalue weighted by atomic mass is 10.2. The summed E-state index contributed by atoms with van der Waals surface area (Å²) in [7, 11) is -5.21. The van der Waals surface area contributed by atoms with E-state index in [-0.39, 0.29) is 11.4 Å². The standard InChI is InChI=1S/C13H22N2O4S2/c1-4-5-10-15(2)21(18,19)14-11-12-6-8-13(9-7-12)20(3,16)17/h6-9,14H,4-5,10-11H2,1-3H3. The highest BCUT2D eigenvalue weighted by atomic mass is 32.2. The van der Waals surface area contributed by atoms with Crippen LogP contribution in [0, 0.1) is 0 Å². The highest BCUT2D eigenvalue weighted by Gasteiger charge is 2.16. The molecule has 1 rings (SSSR count). The fraction of sp³-hybridized carbons (Fsp3) is 0.538. The summed E-state index contributed by atoms with van der Waals surface area (Å²) < 4.78 is 50.3. The first-order chi connectivity index (χ1) is 9.66. The molecule has 120 valence electrons. The Morgan fingerprint density at radius 3 is 2.14 bits per heavy atom. The second kappa shape index (κ2) is 7.35. The third-order valence-electron chi connectivity index (χ3n) is 3.05. The zero-order valence-electron chi connectivity index (χ0n) is 12.5. The van der Waals surface area contributed by atoms with E-state index < -0.39 is 20.0 Å². The molecule has 0 fully saturated rings. The van der Waals surface area contributed by atoms with E-state index in [0.717, 1.165) is 19.1 Å². The van der Waals surface area contributed by atoms with Crippen LogP contribution in [-0.4, -0.2) is 41.0 Å². The lowest BCUT2D eigenvalue weighted by molar-refractivity contribution is 0.448. The molecule has 0 bridgehead atoms. The summed E-state index contributed by atoms with van der Waals surface area (Å²) in [6.07, 6.45) is 2.86. The van der Waals surface area contributed by atoms with E-state index in [0.29, 0.717) is 12.1 Å². The number of nitrogens with zero attached hydrogens (tertiary/aromatic N) is 1. The fourth-order valence-corrected chi connectivity index (χ4v) is 3.21. The van der Waals surface area contributed by atoms with E-state index in [1.165, 1.54) is 23.5 Å². The molecule has 21 heavy (non-hydrogen) atoms. The van der Waals surface area contributed by atoms with Crippen LogP contribution >= 0.6 is 0 Å². The molecule has 1 N–H and O–H groups in total. The topological polar surface area (TPSA) is 83.6 Å². The number of rotatable bonds is 8. The molecule has 0 aliphatic rings. The Balaban J connectivity index is 2.67. The Kier molecular flexibility index (Phi) is 6.33. The first-order valence-corrected chi connectivity index (χ1v) is 10.00. The Morgan fingerprint density at radius 1 is 1.10 bits per heavy atom. The Labute approximate surface area is 127 Å². The van der Waals surface area contributed by atoms with E-state index >= 15 is 0 Å². The number of nitrogens with one attached hydrogen (secondary N) is 1. The number of sulfone groups is 1. The second-order valence-corrected chi connectivity index (χ2v) is 8.80. The summed E-state index contributed by atoms with van der Waals surface area (Å²) in [4.78, 5) is 0.217. The van der Waals surface area contributed by atoms with E-state index in [1.807, 2.05) is 6.92 Å². The van der Waals surface area contributed by atoms with Crippen LogP contribution in [0.4, 0.5) is 0 Å². The van der Waals surface area contributed by atoms with Gasteiger partial charge in [-0.15, -0.1) is 0 Å². The summed E-state index contributed by atoms with van der Waals surface area (Å²) in [6.45, 7) is 2.60. The molecule has 8 heteroatoms. The van der Waals surface area contributed by atoms with Gasteiger partial charge in [-0.25, -0.2) is 8.42 Å². The Hall–Kier alpha value is -0.960. The van der Waals surface area contributed by atoms with Crippen LogP contribution in [-0.2, 0) is 26.6 Å². The predicted octanol–water partition coefficient (Wildman–Crippen LogP) is 1.16. The maximum atomic E-state index is 12.0. The highest BCUT2D eigenvalue weighted by molar-refractivity contribution is 7.90. The summed E-state index contributed by atoms with van der Waals surface area (Å²) >= 11 is 0. The maximum absolute atomic E-state index is 12.0. The predicted molar refractivity (Wildman–Crippen MR) is 82.8 cm³/mol. The average Bonchev–Trinajstić information content (AvgIpc) is 2.42. The van der Waals surface area contributed by atoms with Crippen molar-refractivity contribution in [2.45, 2.75) is 31.2 Å². The zero-order valence-corrected chi connectivity index (χ0v) is 14.2. The SMILES string of the molecule is CCCCN(C)S(=O)(=O)NCc1ccc(S(C)(=O)=O)cc1. The van der Waals surface area contributed by atoms with Gasteiger partial charge in [-0.05, 0) is 24.1 Å². The Bertz CT molecular complexity index is 652. The van der Waals surface area contributed by atoms with Gasteiger partial charge in [-0.3, -0.25) is 0 Å². The summed E-state index contributed by atoms with van der Waals surface area (Å²) in [6, 6.07) is 6.15. The van der Waals surface area contributed by atoms with Gasteiger partial charge in [-0.1, -0.05) is 25.5 Å². The Morgan fingerprint density at radius 2 is 1.67 bits per heavy atom. The second-order valence-electron chi connectivity index (χ2n) is 4.92. The highest BCUT2D eigenvalue weighted by Crippen LogP contribution is 2.10. The largest absolute Gasteiger partial charge is 0.279 e. The third kappa shape index (κ3) is 5.74. The third-order valence-corrected chi connectivity index (χ3v) is 5.69. The smallest absolute Gasteiger partial charge is 0.224 e. The zero-order chi connectivity index (χ0) is 16.1. The van der Waals surface area contributed by atoms with Crippen molar-refractivity contribution in [1.82, 2.24) is 9.03 Å². The van der Waals surface area contributed by atoms with Gasteiger partial charge >= 0.3 is 0 Å². The fourth-order valence-electron chi connectivity index (χ4n) is 1.64. The molecule has 0 radical (unpaired) electrons. The summed E-state index contributed by atoms with van der Waals surface area (Å²) in [5.74, 6) is 0. The lowest BCUT2D eigenvalue weighted by Gasteiger charge is -2.17. The van der Waals surface area contributed by atoms with Gasteiger partial charge in [0.1, 0.15) is 0 Å². The number of benzene rings is 1. The van der Waals surface area contributed by atoms with Crippen LogP contribution in [0.1, 0.15) is 25.3 Å². The van der Waals surface area contributed by atoms with Crippen molar-refractivity contribution in [3.63, 3.8) is 0 Å². The summed E-state index contributed by atoms with van der Waals surface area (Å²) in [5, 5.41) is 0. The molecular formula is C13H22N2O4S2. The molecular weight excluding hydrogens is 312 g/mol. The molecule has 0 unspecified atom stereocenters. The van der Waals surface area contributed by atoms with Crippen molar-refractivity contribution in [3.8, 4) is 0 Å². The van der Waals surface area contributed by atoms with Crippen LogP contribution in [0.25, 0.3) is 0 Å². The van der Waals surface area contributed by atoms with Crippen molar-refractivity contribution in [2.75, 3.05) is 19.8 Å². The lowest BCUT2D eigenvalue weighted by Crippen LogP contribution is -2.38. The minimum atomic E-state index is -3.50. The van der Waals surface area contributed by atoms with Gasteiger partial charge < -0.3 is 0 Å². The van der Waals surface area contributed by atoms with Crippen LogP contribution < -0.4 is 4.72 Å². The van der Waals surface area contributed by atoms with Crippen molar-refractivity contribution < 1.29 is 16.8 Å². The monoisotopic (exact) mass is 334 g/mol. The molecule has 0 amide bonds. The normalized spacial score (nSPS) is 12.8. The van der Waals surface area contributed by atoms with E-state index in [4.69, 9.17) is 0 Å². The molecule has 0 saturated heterocycles. The van der Waals surface area contributed by atoms with Gasteiger partial charge in [0.05, 0.1) is 4.90 Å². The number of unbranched alkanes of at least 4 members (excludes halogenated alkanes) is 1. The molecule has 1 aromatic carbocycles. The van der Waals surface area contributed by atoms with Crippen molar-refractivity contribution in [1.29, 1.82) is 0 Å². The molecule has 0 aliphatic heterocycles. The van der Waals surface area contributed by atoms with Gasteiger partial charge in [0.15, 0.2) is 9.84 Å². The van der Waals surface area contributed by atoms with Gasteiger partial charge in [0, 0.05) is 26.4 Å². The minimum absolute atomic E-state index is 0.128. The summed E-state index contributed by atoms with van der Waals surface area (Å²) in [5.41, 5.74) is 0.704. The molecule has 0 atom stereocenters. The molecule has 1 aromatic rings. The van der Waals surface area contributed by atoms with Crippen LogP contribution in [0.5, 0.6) is 0 Å². The van der Waals surface area contributed by atoms with Crippen molar-refractivity contribution >= 4 is 20.0 Å². The molecule has 0 saturated carbocycles. The number of hydrogen-bond donors (Lipinski definition) is 1. The van der Waals surface area contributed by atoms with Crippen molar-refractivity contribution in [3.05, 3.63) is 29.8 Å². The van der Waals surface area contributed by atoms with Crippen LogP contribution in [0.3, 0.4) is 0 Å². The molecule has 0 aliphatic carbocycles. The molecule has 0 heterocycles. The van der Waals surface area contributed by atoms with Gasteiger partial charge in [0.2, 0.25) is 0 Å². The van der Waals surface area contributed by atoms with Crippen LogP contribution in [0.2, 0.25) is 0 Å². The first-order valence-electron chi connectivity index (χ1n) is 6.66. The molecule has 0 spiro atoms. The first kappa shape index (κ1) is 18.1. The van der Waals surface area contributed by atoms with E-state index in [1.54, 1.807) is 12.1 Å². The van der Waals surface area contributed by atoms with E-state index in [2.05, 4.69) is 4.72 Å². The number of hydrogen-bond acceptors (Lipinski definition) is 4. The average molecular weight is 334 g/mol. The quantitative estimate of drug-likeness (QED) is 0.773. The molecule has 0 aromatic heterocycles. The van der Waals surface area contributed by atoms with Crippen molar-refractivity contribution in [2.24, 2.45) is 0 Å². The van der Waals surface area contributed by atoms with E-state index in [9.17, 15) is 16.8 Å².